The molecule has 138 valence electrons. The van der Waals surface area contributed by atoms with Gasteiger partial charge in [-0.05, 0) is 44.5 Å². The van der Waals surface area contributed by atoms with Gasteiger partial charge in [0, 0.05) is 31.5 Å². The number of carbonyl (C=O) groups excluding carboxylic acids is 1. The maximum atomic E-state index is 12.5. The molecule has 0 aromatic carbocycles. The summed E-state index contributed by atoms with van der Waals surface area (Å²) in [5.74, 6) is 1.79. The number of nitrogens with one attached hydrogen (secondary N) is 1. The van der Waals surface area contributed by atoms with Gasteiger partial charge in [-0.2, -0.15) is 0 Å². The molecule has 2 aromatic heterocycles. The van der Waals surface area contributed by atoms with Gasteiger partial charge in [-0.3, -0.25) is 10.2 Å². The Morgan fingerprint density at radius 3 is 2.92 bits per heavy atom. The number of anilines is 2. The summed E-state index contributed by atoms with van der Waals surface area (Å²) >= 11 is 0. The minimum Gasteiger partial charge on any atom is -0.384 e. The molecule has 3 N–H and O–H groups in total. The molecular formula is C18H25N7O. The Morgan fingerprint density at radius 2 is 2.15 bits per heavy atom. The van der Waals surface area contributed by atoms with Crippen LogP contribution in [0.5, 0.6) is 0 Å². The molecule has 0 bridgehead atoms. The highest BCUT2D eigenvalue weighted by molar-refractivity contribution is 5.88. The third-order valence-corrected chi connectivity index (χ3v) is 4.63. The lowest BCUT2D eigenvalue weighted by molar-refractivity contribution is 0.199. The fourth-order valence-electron chi connectivity index (χ4n) is 3.19. The first-order valence-corrected chi connectivity index (χ1v) is 8.86. The zero-order valence-electron chi connectivity index (χ0n) is 15.0. The number of likely N-dealkylation sites (tertiary alicyclic amines) is 1. The van der Waals surface area contributed by atoms with E-state index in [0.29, 0.717) is 30.8 Å². The number of urea groups is 1. The van der Waals surface area contributed by atoms with Gasteiger partial charge in [-0.15, -0.1) is 0 Å². The van der Waals surface area contributed by atoms with E-state index in [2.05, 4.69) is 32.2 Å². The smallest absolute Gasteiger partial charge is 0.323 e. The van der Waals surface area contributed by atoms with Crippen molar-refractivity contribution in [2.24, 2.45) is 0 Å². The standard InChI is InChI=1S/C18H25N7O/c1-24(13-17-21-10-7-15(19)22-17)14-5-4-11-25(12-8-14)18(26)23-16-6-2-3-9-20-16/h2-3,6-7,9-10,14H,4-5,8,11-13H2,1H3,(H2,19,21,22)(H,20,23,26). The molecule has 8 heteroatoms. The molecule has 1 unspecified atom stereocenters. The number of hydrogen-bond donors (Lipinski definition) is 2. The third kappa shape index (κ3) is 4.89. The zero-order valence-corrected chi connectivity index (χ0v) is 15.0. The predicted octanol–water partition coefficient (Wildman–Crippen LogP) is 1.97. The van der Waals surface area contributed by atoms with Crippen molar-refractivity contribution in [3.63, 3.8) is 0 Å². The molecule has 3 heterocycles. The topological polar surface area (TPSA) is 100 Å². The van der Waals surface area contributed by atoms with E-state index in [4.69, 9.17) is 5.73 Å². The van der Waals surface area contributed by atoms with Crippen molar-refractivity contribution in [1.29, 1.82) is 0 Å². The van der Waals surface area contributed by atoms with Crippen LogP contribution in [0.3, 0.4) is 0 Å². The number of amides is 2. The van der Waals surface area contributed by atoms with Gasteiger partial charge >= 0.3 is 6.03 Å². The van der Waals surface area contributed by atoms with Crippen LogP contribution in [0.25, 0.3) is 0 Å². The van der Waals surface area contributed by atoms with Crippen LogP contribution in [-0.4, -0.2) is 57.0 Å². The highest BCUT2D eigenvalue weighted by Crippen LogP contribution is 2.18. The molecule has 0 saturated carbocycles. The van der Waals surface area contributed by atoms with Crippen LogP contribution in [0.1, 0.15) is 25.1 Å². The monoisotopic (exact) mass is 355 g/mol. The number of carbonyl (C=O) groups is 1. The van der Waals surface area contributed by atoms with Crippen molar-refractivity contribution in [2.45, 2.75) is 31.8 Å². The summed E-state index contributed by atoms with van der Waals surface area (Å²) in [7, 11) is 2.07. The molecule has 1 fully saturated rings. The Morgan fingerprint density at radius 1 is 1.27 bits per heavy atom. The van der Waals surface area contributed by atoms with Gasteiger partial charge in [-0.25, -0.2) is 19.7 Å². The van der Waals surface area contributed by atoms with Gasteiger partial charge in [0.05, 0.1) is 6.54 Å². The fraction of sp³-hybridized carbons (Fsp3) is 0.444. The molecule has 0 spiro atoms. The highest BCUT2D eigenvalue weighted by atomic mass is 16.2. The van der Waals surface area contributed by atoms with Gasteiger partial charge < -0.3 is 10.6 Å². The molecule has 2 amide bonds. The number of hydrogen-bond acceptors (Lipinski definition) is 6. The lowest BCUT2D eigenvalue weighted by Crippen LogP contribution is -2.37. The Labute approximate surface area is 153 Å². The second kappa shape index (κ2) is 8.57. The molecule has 0 radical (unpaired) electrons. The van der Waals surface area contributed by atoms with E-state index in [1.165, 1.54) is 0 Å². The largest absolute Gasteiger partial charge is 0.384 e. The van der Waals surface area contributed by atoms with E-state index in [-0.39, 0.29) is 6.03 Å². The number of pyridine rings is 1. The van der Waals surface area contributed by atoms with Crippen LogP contribution in [-0.2, 0) is 6.54 Å². The minimum atomic E-state index is -0.0915. The zero-order chi connectivity index (χ0) is 18.4. The molecule has 1 aliphatic rings. The summed E-state index contributed by atoms with van der Waals surface area (Å²) in [6.07, 6.45) is 6.26. The first kappa shape index (κ1) is 18.1. The Kier molecular flexibility index (Phi) is 5.96. The summed E-state index contributed by atoms with van der Waals surface area (Å²) in [6.45, 7) is 2.11. The quantitative estimate of drug-likeness (QED) is 0.870. The van der Waals surface area contributed by atoms with Gasteiger partial charge in [0.15, 0.2) is 0 Å². The maximum absolute atomic E-state index is 12.5. The number of rotatable bonds is 4. The van der Waals surface area contributed by atoms with Crippen LogP contribution in [0.15, 0.2) is 36.7 Å². The molecule has 1 aliphatic heterocycles. The average molecular weight is 355 g/mol. The van der Waals surface area contributed by atoms with Crippen molar-refractivity contribution in [2.75, 3.05) is 31.2 Å². The Balaban J connectivity index is 1.53. The predicted molar refractivity (Wildman–Crippen MR) is 100 cm³/mol. The SMILES string of the molecule is CN(Cc1nccc(N)n1)C1CCCN(C(=O)Nc2ccccn2)CC1. The van der Waals surface area contributed by atoms with Crippen molar-refractivity contribution < 1.29 is 4.79 Å². The fourth-order valence-corrected chi connectivity index (χ4v) is 3.19. The van der Waals surface area contributed by atoms with E-state index in [0.717, 1.165) is 31.6 Å². The van der Waals surface area contributed by atoms with Crippen LogP contribution < -0.4 is 11.1 Å². The van der Waals surface area contributed by atoms with Crippen LogP contribution in [0, 0.1) is 0 Å². The molecule has 1 saturated heterocycles. The summed E-state index contributed by atoms with van der Waals surface area (Å²) < 4.78 is 0. The summed E-state index contributed by atoms with van der Waals surface area (Å²) in [5.41, 5.74) is 5.73. The van der Waals surface area contributed by atoms with E-state index in [9.17, 15) is 4.79 Å². The second-order valence-corrected chi connectivity index (χ2v) is 6.53. The lowest BCUT2D eigenvalue weighted by atomic mass is 10.1. The number of nitrogens with zero attached hydrogens (tertiary/aromatic N) is 5. The third-order valence-electron chi connectivity index (χ3n) is 4.63. The molecule has 1 atom stereocenters. The average Bonchev–Trinajstić information content (AvgIpc) is 2.89. The van der Waals surface area contributed by atoms with E-state index in [1.54, 1.807) is 24.5 Å². The van der Waals surface area contributed by atoms with Crippen molar-refractivity contribution >= 4 is 17.7 Å². The summed E-state index contributed by atoms with van der Waals surface area (Å²) in [4.78, 5) is 29.2. The van der Waals surface area contributed by atoms with E-state index in [1.807, 2.05) is 17.0 Å². The number of nitrogens with two attached hydrogens (primary N) is 1. The second-order valence-electron chi connectivity index (χ2n) is 6.53. The van der Waals surface area contributed by atoms with Gasteiger partial charge in [0.2, 0.25) is 0 Å². The minimum absolute atomic E-state index is 0.0915. The van der Waals surface area contributed by atoms with E-state index >= 15 is 0 Å². The molecule has 0 aliphatic carbocycles. The lowest BCUT2D eigenvalue weighted by Gasteiger charge is -2.26. The summed E-state index contributed by atoms with van der Waals surface area (Å²) in [6, 6.07) is 7.45. The molecular weight excluding hydrogens is 330 g/mol. The Bertz CT molecular complexity index is 724. The first-order chi connectivity index (χ1) is 12.6. The van der Waals surface area contributed by atoms with Crippen LogP contribution in [0.4, 0.5) is 16.4 Å². The van der Waals surface area contributed by atoms with Gasteiger partial charge in [0.25, 0.3) is 0 Å². The first-order valence-electron chi connectivity index (χ1n) is 8.86. The molecule has 2 aromatic rings. The maximum Gasteiger partial charge on any atom is 0.323 e. The van der Waals surface area contributed by atoms with Crippen molar-refractivity contribution in [3.8, 4) is 0 Å². The van der Waals surface area contributed by atoms with Crippen molar-refractivity contribution in [1.82, 2.24) is 24.8 Å². The normalized spacial score (nSPS) is 17.8. The molecule has 3 rings (SSSR count). The van der Waals surface area contributed by atoms with Crippen LogP contribution >= 0.6 is 0 Å². The van der Waals surface area contributed by atoms with Gasteiger partial charge in [0.1, 0.15) is 17.5 Å². The molecule has 26 heavy (non-hydrogen) atoms. The number of aromatic nitrogens is 3. The van der Waals surface area contributed by atoms with Crippen LogP contribution in [0.2, 0.25) is 0 Å². The van der Waals surface area contributed by atoms with Crippen molar-refractivity contribution in [3.05, 3.63) is 42.5 Å². The molecule has 8 nitrogen and oxygen atoms in total. The Hall–Kier alpha value is -2.74. The van der Waals surface area contributed by atoms with Gasteiger partial charge in [-0.1, -0.05) is 6.07 Å². The number of nitrogen functional groups attached to an aromatic ring is 1. The summed E-state index contributed by atoms with van der Waals surface area (Å²) in [5, 5.41) is 2.86. The van der Waals surface area contributed by atoms with E-state index < -0.39 is 0 Å². The highest BCUT2D eigenvalue weighted by Gasteiger charge is 2.23.